The summed E-state index contributed by atoms with van der Waals surface area (Å²) in [5.74, 6) is -2.25. The van der Waals surface area contributed by atoms with E-state index in [1.54, 1.807) is 11.8 Å². The van der Waals surface area contributed by atoms with Crippen molar-refractivity contribution in [3.8, 4) is 22.7 Å². The maximum absolute atomic E-state index is 14.7. The maximum atomic E-state index is 14.7. The topological polar surface area (TPSA) is 116 Å². The van der Waals surface area contributed by atoms with Crippen LogP contribution in [0.5, 0.6) is 0 Å². The van der Waals surface area contributed by atoms with Gasteiger partial charge in [0.1, 0.15) is 39.7 Å². The van der Waals surface area contributed by atoms with Crippen molar-refractivity contribution in [2.45, 2.75) is 25.5 Å². The second kappa shape index (κ2) is 8.62. The van der Waals surface area contributed by atoms with Crippen LogP contribution in [-0.4, -0.2) is 47.6 Å². The van der Waals surface area contributed by atoms with Crippen LogP contribution in [0.3, 0.4) is 0 Å². The van der Waals surface area contributed by atoms with Crippen molar-refractivity contribution in [3.63, 3.8) is 0 Å². The first-order valence-corrected chi connectivity index (χ1v) is 9.56. The molecule has 1 aromatic heterocycles. The zero-order valence-electron chi connectivity index (χ0n) is 15.5. The second-order valence-corrected chi connectivity index (χ2v) is 7.57. The predicted molar refractivity (Wildman–Crippen MR) is 101 cm³/mol. The minimum absolute atomic E-state index is 0.0875. The van der Waals surface area contributed by atoms with E-state index in [1.165, 1.54) is 0 Å². The Bertz CT molecular complexity index is 1000. The number of halogens is 2. The van der Waals surface area contributed by atoms with Crippen molar-refractivity contribution in [2.75, 3.05) is 19.7 Å². The molecule has 0 aliphatic carbocycles. The van der Waals surface area contributed by atoms with Crippen LogP contribution < -0.4 is 5.73 Å². The molecule has 1 aliphatic rings. The van der Waals surface area contributed by atoms with Crippen LogP contribution in [0.2, 0.25) is 0 Å². The molecule has 2 heterocycles. The van der Waals surface area contributed by atoms with Crippen molar-refractivity contribution < 1.29 is 18.3 Å². The Morgan fingerprint density at radius 1 is 1.45 bits per heavy atom. The van der Waals surface area contributed by atoms with Crippen LogP contribution >= 0.6 is 11.3 Å². The summed E-state index contributed by atoms with van der Waals surface area (Å²) >= 11 is 1.06. The molecule has 1 aromatic carbocycles. The molecule has 0 radical (unpaired) electrons. The largest absolute Gasteiger partial charge is 0.367 e. The Morgan fingerprint density at radius 2 is 2.14 bits per heavy atom. The summed E-state index contributed by atoms with van der Waals surface area (Å²) in [7, 11) is 0. The average molecular weight is 417 g/mol. The summed E-state index contributed by atoms with van der Waals surface area (Å²) in [4.78, 5) is 17.5. The predicted octanol–water partition coefficient (Wildman–Crippen LogP) is 1.89. The van der Waals surface area contributed by atoms with Crippen LogP contribution in [0.25, 0.3) is 10.6 Å². The molecule has 1 amide bonds. The summed E-state index contributed by atoms with van der Waals surface area (Å²) in [6.07, 6.45) is -1.06. The number of hydrogen-bond donors (Lipinski definition) is 1. The van der Waals surface area contributed by atoms with Crippen molar-refractivity contribution in [1.82, 2.24) is 9.88 Å². The molecule has 0 spiro atoms. The van der Waals surface area contributed by atoms with E-state index >= 15 is 0 Å². The summed E-state index contributed by atoms with van der Waals surface area (Å²) in [5.41, 5.74) is 5.75. The van der Waals surface area contributed by atoms with Gasteiger partial charge in [0.25, 0.3) is 0 Å². The van der Waals surface area contributed by atoms with Gasteiger partial charge in [-0.1, -0.05) is 0 Å². The summed E-state index contributed by atoms with van der Waals surface area (Å²) in [6.45, 7) is 2.28. The highest BCUT2D eigenvalue weighted by Crippen LogP contribution is 2.30. The van der Waals surface area contributed by atoms with E-state index in [0.29, 0.717) is 22.1 Å². The van der Waals surface area contributed by atoms with E-state index in [4.69, 9.17) is 15.7 Å². The molecule has 7 nitrogen and oxygen atoms in total. The lowest BCUT2D eigenvalue weighted by atomic mass is 10.0. The molecule has 0 saturated carbocycles. The smallest absolute Gasteiger partial charge is 0.247 e. The number of morpholine rings is 1. The zero-order chi connectivity index (χ0) is 21.1. The van der Waals surface area contributed by atoms with Crippen molar-refractivity contribution in [3.05, 3.63) is 39.9 Å². The molecule has 1 saturated heterocycles. The number of primary amides is 1. The van der Waals surface area contributed by atoms with Gasteiger partial charge >= 0.3 is 0 Å². The van der Waals surface area contributed by atoms with Gasteiger partial charge in [-0.25, -0.2) is 13.8 Å². The number of nitrogens with two attached hydrogens (primary N) is 1. The van der Waals surface area contributed by atoms with Gasteiger partial charge < -0.3 is 10.5 Å². The van der Waals surface area contributed by atoms with E-state index in [1.807, 2.05) is 12.1 Å². The first kappa shape index (κ1) is 20.8. The third-order valence-electron chi connectivity index (χ3n) is 4.69. The van der Waals surface area contributed by atoms with Crippen LogP contribution in [0, 0.1) is 41.2 Å². The lowest BCUT2D eigenvalue weighted by molar-refractivity contribution is -0.135. The quantitative estimate of drug-likeness (QED) is 0.794. The Kier molecular flexibility index (Phi) is 6.18. The minimum atomic E-state index is -0.862. The van der Waals surface area contributed by atoms with Crippen LogP contribution in [-0.2, 0) is 16.0 Å². The molecule has 2 N–H and O–H groups in total. The monoisotopic (exact) mass is 417 g/mol. The first-order valence-electron chi connectivity index (χ1n) is 8.74. The van der Waals surface area contributed by atoms with Gasteiger partial charge in [-0.05, 0) is 19.1 Å². The van der Waals surface area contributed by atoms with Gasteiger partial charge in [-0.3, -0.25) is 9.69 Å². The summed E-state index contributed by atoms with van der Waals surface area (Å²) in [6, 6.07) is 5.49. The Morgan fingerprint density at radius 3 is 2.69 bits per heavy atom. The third kappa shape index (κ3) is 4.40. The van der Waals surface area contributed by atoms with Gasteiger partial charge in [0.05, 0.1) is 18.4 Å². The van der Waals surface area contributed by atoms with Crippen LogP contribution in [0.4, 0.5) is 8.78 Å². The number of rotatable bonds is 5. The fourth-order valence-corrected chi connectivity index (χ4v) is 3.97. The van der Waals surface area contributed by atoms with E-state index < -0.39 is 29.7 Å². The average Bonchev–Trinajstić information content (AvgIpc) is 3.08. The lowest BCUT2D eigenvalue weighted by Crippen LogP contribution is -2.52. The second-order valence-electron chi connectivity index (χ2n) is 6.57. The molecule has 0 bridgehead atoms. The van der Waals surface area contributed by atoms with E-state index in [9.17, 15) is 18.8 Å². The molecule has 2 aromatic rings. The maximum Gasteiger partial charge on any atom is 0.247 e. The molecule has 29 heavy (non-hydrogen) atoms. The fourth-order valence-electron chi connectivity index (χ4n) is 3.12. The number of aromatic nitrogens is 1. The molecule has 3 rings (SSSR count). The Balaban J connectivity index is 1.84. The molecular weight excluding hydrogens is 400 g/mol. The van der Waals surface area contributed by atoms with Gasteiger partial charge in [-0.2, -0.15) is 10.5 Å². The Hall–Kier alpha value is -2.92. The molecule has 1 fully saturated rings. The molecule has 1 unspecified atom stereocenters. The van der Waals surface area contributed by atoms with Gasteiger partial charge in [0, 0.05) is 30.6 Å². The lowest BCUT2D eigenvalue weighted by Gasteiger charge is -2.34. The van der Waals surface area contributed by atoms with Gasteiger partial charge in [-0.15, -0.1) is 11.3 Å². The van der Waals surface area contributed by atoms with Gasteiger partial charge in [0.15, 0.2) is 0 Å². The number of hydrogen-bond acceptors (Lipinski definition) is 7. The summed E-state index contributed by atoms with van der Waals surface area (Å²) < 4.78 is 34.6. The summed E-state index contributed by atoms with van der Waals surface area (Å²) in [5, 5.41) is 18.9. The van der Waals surface area contributed by atoms with E-state index in [-0.39, 0.29) is 30.7 Å². The SMILES string of the molecule is Cc1nc(-c2cc(F)c(C[C@@H](C#N)N3CCOC(C(N)=O)C3)c(F)c2)sc1C#N. The van der Waals surface area contributed by atoms with E-state index in [0.717, 1.165) is 23.5 Å². The normalized spacial score (nSPS) is 18.0. The highest BCUT2D eigenvalue weighted by Gasteiger charge is 2.30. The Labute approximate surface area is 169 Å². The van der Waals surface area contributed by atoms with Crippen molar-refractivity contribution >= 4 is 17.2 Å². The number of thiazole rings is 1. The standard InChI is InChI=1S/C19H17F2N5O2S/c1-10-17(8-23)29-19(25-10)11-4-14(20)13(15(21)5-11)6-12(7-22)26-2-3-28-16(9-26)18(24)27/h4-5,12,16H,2-3,6,9H2,1H3,(H2,24,27)/t12-,16?/m0/s1. The minimum Gasteiger partial charge on any atom is -0.367 e. The first-order chi connectivity index (χ1) is 13.8. The molecular formula is C19H17F2N5O2S. The molecule has 1 aliphatic heterocycles. The highest BCUT2D eigenvalue weighted by atomic mass is 32.1. The van der Waals surface area contributed by atoms with Crippen molar-refractivity contribution in [2.24, 2.45) is 5.73 Å². The molecule has 10 heteroatoms. The number of aryl methyl sites for hydroxylation is 1. The van der Waals surface area contributed by atoms with Crippen molar-refractivity contribution in [1.29, 1.82) is 10.5 Å². The number of carbonyl (C=O) groups is 1. The fraction of sp³-hybridized carbons (Fsp3) is 0.368. The molecule has 2 atom stereocenters. The number of nitriles is 2. The number of nitrogens with zero attached hydrogens (tertiary/aromatic N) is 4. The third-order valence-corrected chi connectivity index (χ3v) is 5.80. The van der Waals surface area contributed by atoms with Crippen LogP contribution in [0.15, 0.2) is 12.1 Å². The van der Waals surface area contributed by atoms with Crippen LogP contribution in [0.1, 0.15) is 16.1 Å². The number of carbonyl (C=O) groups excluding carboxylic acids is 1. The molecule has 150 valence electrons. The van der Waals surface area contributed by atoms with E-state index in [2.05, 4.69) is 4.98 Å². The zero-order valence-corrected chi connectivity index (χ0v) is 16.3. The number of benzene rings is 1. The number of amides is 1. The van der Waals surface area contributed by atoms with Gasteiger partial charge in [0.2, 0.25) is 5.91 Å². The number of ether oxygens (including phenoxy) is 1. The highest BCUT2D eigenvalue weighted by molar-refractivity contribution is 7.15.